The van der Waals surface area contributed by atoms with Gasteiger partial charge in [-0.15, -0.1) is 0 Å². The fourth-order valence-electron chi connectivity index (χ4n) is 2.68. The third-order valence-electron chi connectivity index (χ3n) is 4.04. The minimum atomic E-state index is -0.509. The quantitative estimate of drug-likeness (QED) is 0.745. The number of carbonyl (C=O) groups excluding carboxylic acids is 2. The van der Waals surface area contributed by atoms with Crippen molar-refractivity contribution in [3.05, 3.63) is 0 Å². The lowest BCUT2D eigenvalue weighted by molar-refractivity contribution is -0.135. The van der Waals surface area contributed by atoms with Gasteiger partial charge in [0.25, 0.3) is 0 Å². The highest BCUT2D eigenvalue weighted by Crippen LogP contribution is 2.27. The smallest absolute Gasteiger partial charge is 0.243 e. The molecular formula is C17H33N3O2. The summed E-state index contributed by atoms with van der Waals surface area (Å²) in [5.41, 5.74) is 5.14. The lowest BCUT2D eigenvalue weighted by Gasteiger charge is -2.35. The van der Waals surface area contributed by atoms with Crippen LogP contribution >= 0.6 is 0 Å². The average molecular weight is 311 g/mol. The monoisotopic (exact) mass is 311 g/mol. The second-order valence-corrected chi connectivity index (χ2v) is 8.62. The van der Waals surface area contributed by atoms with Crippen LogP contribution in [0.2, 0.25) is 0 Å². The van der Waals surface area contributed by atoms with Crippen molar-refractivity contribution in [3.8, 4) is 0 Å². The van der Waals surface area contributed by atoms with Gasteiger partial charge in [-0.3, -0.25) is 9.59 Å². The first-order valence-corrected chi connectivity index (χ1v) is 8.29. The van der Waals surface area contributed by atoms with Gasteiger partial charge >= 0.3 is 0 Å². The molecule has 0 radical (unpaired) electrons. The Morgan fingerprint density at radius 2 is 1.50 bits per heavy atom. The van der Waals surface area contributed by atoms with E-state index >= 15 is 0 Å². The van der Waals surface area contributed by atoms with E-state index in [0.29, 0.717) is 0 Å². The molecule has 0 saturated heterocycles. The van der Waals surface area contributed by atoms with Gasteiger partial charge in [-0.05, 0) is 52.4 Å². The van der Waals surface area contributed by atoms with Gasteiger partial charge in [-0.25, -0.2) is 0 Å². The van der Waals surface area contributed by atoms with E-state index in [2.05, 4.69) is 10.6 Å². The molecule has 1 aliphatic carbocycles. The summed E-state index contributed by atoms with van der Waals surface area (Å²) in [7, 11) is 0. The van der Waals surface area contributed by atoms with Gasteiger partial charge in [0, 0.05) is 17.0 Å². The zero-order valence-electron chi connectivity index (χ0n) is 15.0. The van der Waals surface area contributed by atoms with Gasteiger partial charge in [-0.2, -0.15) is 0 Å². The standard InChI is InChI=1S/C17H33N3O2/c1-16(2,3)15(22)19-13(14(21)20-17(4,5)6)11-7-9-12(18)10-8-11/h11-13H,7-10,18H2,1-6H3,(H,19,22)(H,20,21)/t11?,12?,13-/m0/s1. The first kappa shape index (κ1) is 18.9. The highest BCUT2D eigenvalue weighted by Gasteiger charge is 2.35. The maximum Gasteiger partial charge on any atom is 0.243 e. The summed E-state index contributed by atoms with van der Waals surface area (Å²) in [5.74, 6) is -0.0181. The molecule has 4 N–H and O–H groups in total. The second-order valence-electron chi connectivity index (χ2n) is 8.62. The molecule has 0 aliphatic heterocycles. The topological polar surface area (TPSA) is 84.2 Å². The summed E-state index contributed by atoms with van der Waals surface area (Å²) in [6.45, 7) is 11.4. The zero-order chi connectivity index (χ0) is 17.1. The lowest BCUT2D eigenvalue weighted by Crippen LogP contribution is -2.57. The van der Waals surface area contributed by atoms with E-state index in [0.717, 1.165) is 25.7 Å². The van der Waals surface area contributed by atoms with Crippen LogP contribution in [0.5, 0.6) is 0 Å². The van der Waals surface area contributed by atoms with Crippen molar-refractivity contribution in [2.75, 3.05) is 0 Å². The van der Waals surface area contributed by atoms with Crippen LogP contribution in [-0.2, 0) is 9.59 Å². The Bertz CT molecular complexity index is 399. The van der Waals surface area contributed by atoms with Crippen LogP contribution in [0.15, 0.2) is 0 Å². The highest BCUT2D eigenvalue weighted by atomic mass is 16.2. The highest BCUT2D eigenvalue weighted by molar-refractivity contribution is 5.90. The van der Waals surface area contributed by atoms with Gasteiger partial charge < -0.3 is 16.4 Å². The van der Waals surface area contributed by atoms with Crippen molar-refractivity contribution in [1.29, 1.82) is 0 Å². The van der Waals surface area contributed by atoms with Crippen LogP contribution in [-0.4, -0.2) is 29.4 Å². The van der Waals surface area contributed by atoms with E-state index in [1.54, 1.807) is 0 Å². The van der Waals surface area contributed by atoms with Crippen LogP contribution in [0, 0.1) is 11.3 Å². The lowest BCUT2D eigenvalue weighted by atomic mass is 9.80. The van der Waals surface area contributed by atoms with Crippen LogP contribution < -0.4 is 16.4 Å². The number of nitrogens with one attached hydrogen (secondary N) is 2. The van der Waals surface area contributed by atoms with Gasteiger partial charge in [0.15, 0.2) is 0 Å². The normalized spacial score (nSPS) is 24.5. The third kappa shape index (κ3) is 5.95. The van der Waals surface area contributed by atoms with Gasteiger partial charge in [0.2, 0.25) is 11.8 Å². The summed E-state index contributed by atoms with van der Waals surface area (Å²) in [6.07, 6.45) is 3.59. The van der Waals surface area contributed by atoms with E-state index in [-0.39, 0.29) is 29.3 Å². The molecule has 1 fully saturated rings. The van der Waals surface area contributed by atoms with Crippen LogP contribution in [0.4, 0.5) is 0 Å². The van der Waals surface area contributed by atoms with Crippen molar-refractivity contribution >= 4 is 11.8 Å². The van der Waals surface area contributed by atoms with Gasteiger partial charge in [0.1, 0.15) is 6.04 Å². The molecule has 1 saturated carbocycles. The van der Waals surface area contributed by atoms with E-state index in [4.69, 9.17) is 5.73 Å². The zero-order valence-corrected chi connectivity index (χ0v) is 15.0. The Morgan fingerprint density at radius 1 is 1.00 bits per heavy atom. The molecular weight excluding hydrogens is 278 g/mol. The molecule has 2 amide bonds. The summed E-state index contributed by atoms with van der Waals surface area (Å²) < 4.78 is 0. The Labute approximate surface area is 134 Å². The van der Waals surface area contributed by atoms with E-state index in [1.807, 2.05) is 41.5 Å². The minimum absolute atomic E-state index is 0.0866. The molecule has 0 aromatic heterocycles. The molecule has 5 nitrogen and oxygen atoms in total. The molecule has 1 aliphatic rings. The molecule has 0 unspecified atom stereocenters. The van der Waals surface area contributed by atoms with E-state index < -0.39 is 11.5 Å². The molecule has 5 heteroatoms. The summed E-state index contributed by atoms with van der Waals surface area (Å²) >= 11 is 0. The SMILES string of the molecule is CC(C)(C)NC(=O)[C@@H](NC(=O)C(C)(C)C)C1CCC(N)CC1. The predicted molar refractivity (Wildman–Crippen MR) is 89.2 cm³/mol. The van der Waals surface area contributed by atoms with Gasteiger partial charge in [-0.1, -0.05) is 20.8 Å². The summed E-state index contributed by atoms with van der Waals surface area (Å²) in [5, 5.41) is 5.97. The molecule has 1 rings (SSSR count). The molecule has 128 valence electrons. The number of hydrogen-bond acceptors (Lipinski definition) is 3. The molecule has 0 aromatic carbocycles. The molecule has 22 heavy (non-hydrogen) atoms. The van der Waals surface area contributed by atoms with Crippen molar-refractivity contribution < 1.29 is 9.59 Å². The van der Waals surface area contributed by atoms with E-state index in [1.165, 1.54) is 0 Å². The Kier molecular flexibility index (Phi) is 6.02. The number of amides is 2. The Morgan fingerprint density at radius 3 is 1.91 bits per heavy atom. The predicted octanol–water partition coefficient (Wildman–Crippen LogP) is 1.95. The number of carbonyl (C=O) groups is 2. The first-order valence-electron chi connectivity index (χ1n) is 8.29. The summed E-state index contributed by atoms with van der Waals surface area (Å²) in [6, 6.07) is -0.251. The van der Waals surface area contributed by atoms with Crippen molar-refractivity contribution in [2.45, 2.75) is 84.8 Å². The average Bonchev–Trinajstić information content (AvgIpc) is 2.33. The number of hydrogen-bond donors (Lipinski definition) is 3. The maximum atomic E-state index is 12.6. The van der Waals surface area contributed by atoms with Crippen LogP contribution in [0.25, 0.3) is 0 Å². The third-order valence-corrected chi connectivity index (χ3v) is 4.04. The number of nitrogens with two attached hydrogens (primary N) is 1. The molecule has 0 spiro atoms. The van der Waals surface area contributed by atoms with Crippen LogP contribution in [0.1, 0.15) is 67.2 Å². The Hall–Kier alpha value is -1.10. The second kappa shape index (κ2) is 6.99. The van der Waals surface area contributed by atoms with Crippen LogP contribution in [0.3, 0.4) is 0 Å². The molecule has 0 heterocycles. The van der Waals surface area contributed by atoms with E-state index in [9.17, 15) is 9.59 Å². The molecule has 0 aromatic rings. The van der Waals surface area contributed by atoms with Gasteiger partial charge in [0.05, 0.1) is 0 Å². The summed E-state index contributed by atoms with van der Waals surface area (Å²) in [4.78, 5) is 25.0. The minimum Gasteiger partial charge on any atom is -0.350 e. The molecule has 1 atom stereocenters. The fraction of sp³-hybridized carbons (Fsp3) is 0.882. The fourth-order valence-corrected chi connectivity index (χ4v) is 2.68. The first-order chi connectivity index (χ1) is 9.90. The maximum absolute atomic E-state index is 12.6. The number of rotatable bonds is 3. The Balaban J connectivity index is 2.85. The molecule has 0 bridgehead atoms. The van der Waals surface area contributed by atoms with Crippen molar-refractivity contribution in [1.82, 2.24) is 10.6 Å². The van der Waals surface area contributed by atoms with Crippen molar-refractivity contribution in [2.24, 2.45) is 17.1 Å². The largest absolute Gasteiger partial charge is 0.350 e. The van der Waals surface area contributed by atoms with Crippen molar-refractivity contribution in [3.63, 3.8) is 0 Å².